The van der Waals surface area contributed by atoms with Crippen LogP contribution in [-0.4, -0.2) is 50.7 Å². The Morgan fingerprint density at radius 1 is 1.37 bits per heavy atom. The zero-order chi connectivity index (χ0) is 13.8. The molecule has 1 aromatic rings. The number of likely N-dealkylation sites (tertiary alicyclic amines) is 1. The molecule has 6 heteroatoms. The molecule has 1 saturated heterocycles. The highest BCUT2D eigenvalue weighted by atomic mass is 16.4. The normalized spacial score (nSPS) is 22.5. The van der Waals surface area contributed by atoms with Crippen molar-refractivity contribution in [3.8, 4) is 0 Å². The number of carboxylic acids is 1. The summed E-state index contributed by atoms with van der Waals surface area (Å²) in [7, 11) is 0. The maximum absolute atomic E-state index is 12.0. The van der Waals surface area contributed by atoms with E-state index in [2.05, 4.69) is 4.98 Å². The minimum absolute atomic E-state index is 0.103. The number of aliphatic hydroxyl groups is 1. The molecule has 1 aliphatic heterocycles. The Kier molecular flexibility index (Phi) is 4.11. The minimum Gasteiger partial charge on any atom is -0.480 e. The number of aliphatic carboxylic acids is 1. The number of pyridine rings is 1. The van der Waals surface area contributed by atoms with E-state index in [0.29, 0.717) is 6.42 Å². The summed E-state index contributed by atoms with van der Waals surface area (Å²) < 4.78 is 0. The van der Waals surface area contributed by atoms with Crippen molar-refractivity contribution in [2.45, 2.75) is 31.4 Å². The van der Waals surface area contributed by atoms with Gasteiger partial charge in [-0.2, -0.15) is 0 Å². The summed E-state index contributed by atoms with van der Waals surface area (Å²) in [6.07, 6.45) is 3.45. The first kappa shape index (κ1) is 13.5. The van der Waals surface area contributed by atoms with Crippen LogP contribution in [0.4, 0.5) is 0 Å². The fourth-order valence-corrected chi connectivity index (χ4v) is 2.27. The molecule has 0 aliphatic carbocycles. The second kappa shape index (κ2) is 5.79. The molecule has 0 unspecified atom stereocenters. The van der Waals surface area contributed by atoms with Gasteiger partial charge >= 0.3 is 5.97 Å². The summed E-state index contributed by atoms with van der Waals surface area (Å²) in [5, 5.41) is 18.5. The van der Waals surface area contributed by atoms with E-state index in [1.54, 1.807) is 12.4 Å². The first-order valence-corrected chi connectivity index (χ1v) is 6.17. The number of nitrogens with zero attached hydrogens (tertiary/aromatic N) is 2. The highest BCUT2D eigenvalue weighted by molar-refractivity contribution is 5.84. The van der Waals surface area contributed by atoms with Crippen molar-refractivity contribution in [1.82, 2.24) is 9.88 Å². The molecule has 0 spiro atoms. The summed E-state index contributed by atoms with van der Waals surface area (Å²) in [5.74, 6) is -1.30. The molecular formula is C13H16N2O4. The fraction of sp³-hybridized carbons (Fsp3) is 0.462. The SMILES string of the molecule is O=C(O)[C@@H]1C[C@@H](O)CN1C(=O)CCc1ccncc1. The maximum atomic E-state index is 12.0. The maximum Gasteiger partial charge on any atom is 0.326 e. The lowest BCUT2D eigenvalue weighted by atomic mass is 10.1. The van der Waals surface area contributed by atoms with Gasteiger partial charge < -0.3 is 15.1 Å². The molecular weight excluding hydrogens is 248 g/mol. The Hall–Kier alpha value is -1.95. The van der Waals surface area contributed by atoms with Crippen molar-refractivity contribution in [3.63, 3.8) is 0 Å². The lowest BCUT2D eigenvalue weighted by Crippen LogP contribution is -2.40. The van der Waals surface area contributed by atoms with Crippen LogP contribution in [0, 0.1) is 0 Å². The van der Waals surface area contributed by atoms with Crippen molar-refractivity contribution in [2.75, 3.05) is 6.54 Å². The number of aromatic nitrogens is 1. The number of carbonyl (C=O) groups is 2. The van der Waals surface area contributed by atoms with Gasteiger partial charge in [-0.1, -0.05) is 0 Å². The van der Waals surface area contributed by atoms with Gasteiger partial charge in [0.25, 0.3) is 0 Å². The molecule has 0 bridgehead atoms. The van der Waals surface area contributed by atoms with Crippen LogP contribution in [0.2, 0.25) is 0 Å². The van der Waals surface area contributed by atoms with Crippen LogP contribution in [0.25, 0.3) is 0 Å². The Morgan fingerprint density at radius 3 is 2.68 bits per heavy atom. The predicted octanol–water partition coefficient (Wildman–Crippen LogP) is 0.0606. The summed E-state index contributed by atoms with van der Waals surface area (Å²) in [6.45, 7) is 0.103. The molecule has 2 rings (SSSR count). The number of hydrogen-bond acceptors (Lipinski definition) is 4. The van der Waals surface area contributed by atoms with E-state index < -0.39 is 18.1 Å². The van der Waals surface area contributed by atoms with Crippen LogP contribution in [0.1, 0.15) is 18.4 Å². The van der Waals surface area contributed by atoms with Crippen molar-refractivity contribution < 1.29 is 19.8 Å². The first-order valence-electron chi connectivity index (χ1n) is 6.17. The average Bonchev–Trinajstić information content (AvgIpc) is 2.79. The molecule has 1 aromatic heterocycles. The summed E-state index contributed by atoms with van der Waals surface area (Å²) >= 11 is 0. The molecule has 2 heterocycles. The minimum atomic E-state index is -1.06. The van der Waals surface area contributed by atoms with Gasteiger partial charge in [0.2, 0.25) is 5.91 Å². The molecule has 0 radical (unpaired) electrons. The van der Waals surface area contributed by atoms with Gasteiger partial charge in [0.1, 0.15) is 6.04 Å². The van der Waals surface area contributed by atoms with Crippen molar-refractivity contribution in [2.24, 2.45) is 0 Å². The molecule has 102 valence electrons. The predicted molar refractivity (Wildman–Crippen MR) is 66.3 cm³/mol. The van der Waals surface area contributed by atoms with Crippen LogP contribution in [0.15, 0.2) is 24.5 Å². The fourth-order valence-electron chi connectivity index (χ4n) is 2.27. The number of carboxylic acid groups (broad SMARTS) is 1. The topological polar surface area (TPSA) is 90.7 Å². The van der Waals surface area contributed by atoms with E-state index in [9.17, 15) is 14.7 Å². The van der Waals surface area contributed by atoms with E-state index in [-0.39, 0.29) is 25.3 Å². The van der Waals surface area contributed by atoms with E-state index in [1.165, 1.54) is 4.90 Å². The van der Waals surface area contributed by atoms with Gasteiger partial charge in [0, 0.05) is 31.8 Å². The summed E-state index contributed by atoms with van der Waals surface area (Å²) in [5.41, 5.74) is 0.981. The lowest BCUT2D eigenvalue weighted by Gasteiger charge is -2.21. The van der Waals surface area contributed by atoms with Crippen LogP contribution in [0.3, 0.4) is 0 Å². The van der Waals surface area contributed by atoms with Gasteiger partial charge in [0.15, 0.2) is 0 Å². The smallest absolute Gasteiger partial charge is 0.326 e. The van der Waals surface area contributed by atoms with E-state index in [0.717, 1.165) is 5.56 Å². The molecule has 0 aromatic carbocycles. The molecule has 1 fully saturated rings. The number of rotatable bonds is 4. The summed E-state index contributed by atoms with van der Waals surface area (Å²) in [4.78, 5) is 28.2. The molecule has 1 aliphatic rings. The van der Waals surface area contributed by atoms with E-state index in [1.807, 2.05) is 12.1 Å². The van der Waals surface area contributed by atoms with Crippen molar-refractivity contribution in [1.29, 1.82) is 0 Å². The third-order valence-corrected chi connectivity index (χ3v) is 3.26. The number of carbonyl (C=O) groups excluding carboxylic acids is 1. The number of aryl methyl sites for hydroxylation is 1. The quantitative estimate of drug-likeness (QED) is 0.802. The Morgan fingerprint density at radius 2 is 2.05 bits per heavy atom. The Labute approximate surface area is 110 Å². The molecule has 0 saturated carbocycles. The second-order valence-corrected chi connectivity index (χ2v) is 4.65. The molecule has 2 atom stereocenters. The number of hydrogen-bond donors (Lipinski definition) is 2. The second-order valence-electron chi connectivity index (χ2n) is 4.65. The zero-order valence-electron chi connectivity index (χ0n) is 10.4. The average molecular weight is 264 g/mol. The molecule has 6 nitrogen and oxygen atoms in total. The Balaban J connectivity index is 1.94. The monoisotopic (exact) mass is 264 g/mol. The highest BCUT2D eigenvalue weighted by Crippen LogP contribution is 2.19. The van der Waals surface area contributed by atoms with Crippen molar-refractivity contribution >= 4 is 11.9 Å². The zero-order valence-corrected chi connectivity index (χ0v) is 10.4. The van der Waals surface area contributed by atoms with Crippen LogP contribution < -0.4 is 0 Å². The standard InChI is InChI=1S/C13H16N2O4/c16-10-7-11(13(18)19)15(8-10)12(17)2-1-9-3-5-14-6-4-9/h3-6,10-11,16H,1-2,7-8H2,(H,18,19)/t10-,11+/m1/s1. The van der Waals surface area contributed by atoms with E-state index in [4.69, 9.17) is 5.11 Å². The lowest BCUT2D eigenvalue weighted by molar-refractivity contribution is -0.148. The van der Waals surface area contributed by atoms with Crippen LogP contribution in [-0.2, 0) is 16.0 Å². The van der Waals surface area contributed by atoms with Gasteiger partial charge in [-0.25, -0.2) is 4.79 Å². The Bertz CT molecular complexity index is 463. The number of amides is 1. The van der Waals surface area contributed by atoms with Crippen LogP contribution >= 0.6 is 0 Å². The highest BCUT2D eigenvalue weighted by Gasteiger charge is 2.38. The van der Waals surface area contributed by atoms with Gasteiger partial charge in [-0.3, -0.25) is 9.78 Å². The van der Waals surface area contributed by atoms with Gasteiger partial charge in [0.05, 0.1) is 6.10 Å². The number of β-amino-alcohol motifs (C(OH)–C–C–N with tert-alkyl or cyclic N) is 1. The van der Waals surface area contributed by atoms with Gasteiger partial charge in [-0.15, -0.1) is 0 Å². The third-order valence-electron chi connectivity index (χ3n) is 3.26. The van der Waals surface area contributed by atoms with Gasteiger partial charge in [-0.05, 0) is 24.1 Å². The summed E-state index contributed by atoms with van der Waals surface area (Å²) in [6, 6.07) is 2.74. The third kappa shape index (κ3) is 3.29. The molecule has 19 heavy (non-hydrogen) atoms. The largest absolute Gasteiger partial charge is 0.480 e. The molecule has 1 amide bonds. The number of aliphatic hydroxyl groups excluding tert-OH is 1. The van der Waals surface area contributed by atoms with Crippen LogP contribution in [0.5, 0.6) is 0 Å². The molecule has 2 N–H and O–H groups in total. The van der Waals surface area contributed by atoms with Crippen molar-refractivity contribution in [3.05, 3.63) is 30.1 Å². The van der Waals surface area contributed by atoms with E-state index >= 15 is 0 Å². The first-order chi connectivity index (χ1) is 9.08.